The summed E-state index contributed by atoms with van der Waals surface area (Å²) in [5.41, 5.74) is 1.55. The van der Waals surface area contributed by atoms with Crippen molar-refractivity contribution in [2.24, 2.45) is 0 Å². The van der Waals surface area contributed by atoms with Crippen molar-refractivity contribution in [3.63, 3.8) is 0 Å². The molecule has 5 heteroatoms. The summed E-state index contributed by atoms with van der Waals surface area (Å²) in [6.45, 7) is 4.93. The molecule has 0 atom stereocenters. The molecule has 1 heterocycles. The van der Waals surface area contributed by atoms with E-state index in [1.165, 1.54) is 7.11 Å². The van der Waals surface area contributed by atoms with Crippen molar-refractivity contribution in [2.45, 2.75) is 20.8 Å². The number of methoxy groups -OCH3 is 1. The maximum atomic E-state index is 12.1. The Morgan fingerprint density at radius 3 is 2.45 bits per heavy atom. The molecule has 0 bridgehead atoms. The van der Waals surface area contributed by atoms with Crippen LogP contribution in [0.5, 0.6) is 5.75 Å². The van der Waals surface area contributed by atoms with Crippen LogP contribution >= 0.6 is 0 Å². The zero-order chi connectivity index (χ0) is 16.3. The molecular weight excluding hydrogens is 284 g/mol. The van der Waals surface area contributed by atoms with Crippen LogP contribution < -0.4 is 4.74 Å². The first kappa shape index (κ1) is 15.8. The Morgan fingerprint density at radius 1 is 1.14 bits per heavy atom. The minimum absolute atomic E-state index is 0.289. The number of furan rings is 1. The SMILES string of the molecule is COc1cccc(C(=O)COC(=O)c2c(C)oc(C)c2C)c1. The van der Waals surface area contributed by atoms with Crippen LogP contribution in [0.4, 0.5) is 0 Å². The summed E-state index contributed by atoms with van der Waals surface area (Å²) in [7, 11) is 1.52. The van der Waals surface area contributed by atoms with Gasteiger partial charge in [0, 0.05) is 11.1 Å². The standard InChI is InChI=1S/C17H18O5/c1-10-11(2)22-12(3)16(10)17(19)21-9-15(18)13-6-5-7-14(8-13)20-4/h5-8H,9H2,1-4H3. The van der Waals surface area contributed by atoms with Gasteiger partial charge < -0.3 is 13.9 Å². The van der Waals surface area contributed by atoms with E-state index in [4.69, 9.17) is 13.9 Å². The smallest absolute Gasteiger partial charge is 0.342 e. The van der Waals surface area contributed by atoms with E-state index in [-0.39, 0.29) is 12.4 Å². The molecule has 0 unspecified atom stereocenters. The molecule has 2 aromatic rings. The quantitative estimate of drug-likeness (QED) is 0.626. The second kappa shape index (κ2) is 6.47. The van der Waals surface area contributed by atoms with Gasteiger partial charge >= 0.3 is 5.97 Å². The summed E-state index contributed by atoms with van der Waals surface area (Å²) < 4.78 is 15.6. The van der Waals surface area contributed by atoms with Crippen LogP contribution in [0.1, 0.15) is 37.8 Å². The third kappa shape index (κ3) is 3.19. The molecule has 0 saturated heterocycles. The number of ketones is 1. The van der Waals surface area contributed by atoms with Gasteiger partial charge in [0.15, 0.2) is 12.4 Å². The molecular formula is C17H18O5. The van der Waals surface area contributed by atoms with E-state index in [2.05, 4.69) is 0 Å². The van der Waals surface area contributed by atoms with Crippen molar-refractivity contribution in [1.82, 2.24) is 0 Å². The van der Waals surface area contributed by atoms with E-state index >= 15 is 0 Å². The Balaban J connectivity index is 2.06. The Labute approximate surface area is 128 Å². The number of rotatable bonds is 5. The normalized spacial score (nSPS) is 10.4. The molecule has 0 aliphatic rings. The van der Waals surface area contributed by atoms with E-state index in [0.717, 1.165) is 5.56 Å². The first-order valence-electron chi connectivity index (χ1n) is 6.85. The first-order valence-corrected chi connectivity index (χ1v) is 6.85. The van der Waals surface area contributed by atoms with Crippen LogP contribution in [0.25, 0.3) is 0 Å². The van der Waals surface area contributed by atoms with E-state index in [9.17, 15) is 9.59 Å². The zero-order valence-corrected chi connectivity index (χ0v) is 13.1. The number of esters is 1. The second-order valence-corrected chi connectivity index (χ2v) is 4.95. The minimum atomic E-state index is -0.553. The Kier molecular flexibility index (Phi) is 4.65. The van der Waals surface area contributed by atoms with Crippen LogP contribution in [0.2, 0.25) is 0 Å². The number of carbonyl (C=O) groups is 2. The summed E-state index contributed by atoms with van der Waals surface area (Å²) >= 11 is 0. The van der Waals surface area contributed by atoms with Gasteiger partial charge in [-0.05, 0) is 32.9 Å². The fraction of sp³-hybridized carbons (Fsp3) is 0.294. The van der Waals surface area contributed by atoms with Crippen LogP contribution in [-0.4, -0.2) is 25.5 Å². The van der Waals surface area contributed by atoms with Gasteiger partial charge in [-0.15, -0.1) is 0 Å². The fourth-order valence-corrected chi connectivity index (χ4v) is 2.18. The lowest BCUT2D eigenvalue weighted by Crippen LogP contribution is -2.15. The van der Waals surface area contributed by atoms with Crippen molar-refractivity contribution in [2.75, 3.05) is 13.7 Å². The predicted molar refractivity (Wildman–Crippen MR) is 80.5 cm³/mol. The van der Waals surface area contributed by atoms with Crippen molar-refractivity contribution in [1.29, 1.82) is 0 Å². The van der Waals surface area contributed by atoms with Gasteiger partial charge in [0.25, 0.3) is 0 Å². The molecule has 22 heavy (non-hydrogen) atoms. The summed E-state index contributed by atoms with van der Waals surface area (Å²) in [5.74, 6) is 0.901. The third-order valence-electron chi connectivity index (χ3n) is 3.49. The van der Waals surface area contributed by atoms with Crippen molar-refractivity contribution in [3.8, 4) is 5.75 Å². The molecule has 0 spiro atoms. The molecule has 0 N–H and O–H groups in total. The number of Topliss-reactive ketones (excluding diaryl/α,β-unsaturated/α-hetero) is 1. The summed E-state index contributed by atoms with van der Waals surface area (Å²) in [4.78, 5) is 24.2. The summed E-state index contributed by atoms with van der Waals surface area (Å²) in [5, 5.41) is 0. The van der Waals surface area contributed by atoms with Gasteiger partial charge in [0.2, 0.25) is 0 Å². The van der Waals surface area contributed by atoms with Gasteiger partial charge in [-0.25, -0.2) is 4.79 Å². The molecule has 0 amide bonds. The van der Waals surface area contributed by atoms with E-state index in [1.54, 1.807) is 45.0 Å². The Bertz CT molecular complexity index is 712. The molecule has 2 rings (SSSR count). The highest BCUT2D eigenvalue weighted by molar-refractivity contribution is 6.00. The lowest BCUT2D eigenvalue weighted by molar-refractivity contribution is 0.0472. The Morgan fingerprint density at radius 2 is 1.86 bits per heavy atom. The van der Waals surface area contributed by atoms with Gasteiger partial charge in [0.1, 0.15) is 22.8 Å². The lowest BCUT2D eigenvalue weighted by Gasteiger charge is -2.06. The van der Waals surface area contributed by atoms with E-state index < -0.39 is 5.97 Å². The molecule has 116 valence electrons. The molecule has 1 aromatic heterocycles. The van der Waals surface area contributed by atoms with Crippen LogP contribution in [0.3, 0.4) is 0 Å². The zero-order valence-electron chi connectivity index (χ0n) is 13.1. The first-order chi connectivity index (χ1) is 10.4. The molecule has 0 fully saturated rings. The van der Waals surface area contributed by atoms with E-state index in [1.807, 2.05) is 0 Å². The summed E-state index contributed by atoms with van der Waals surface area (Å²) in [6, 6.07) is 6.71. The number of aryl methyl sites for hydroxylation is 2. The molecule has 1 aromatic carbocycles. The minimum Gasteiger partial charge on any atom is -0.497 e. The van der Waals surface area contributed by atoms with Gasteiger partial charge in [-0.1, -0.05) is 12.1 Å². The van der Waals surface area contributed by atoms with Gasteiger partial charge in [-0.2, -0.15) is 0 Å². The van der Waals surface area contributed by atoms with Crippen LogP contribution in [0, 0.1) is 20.8 Å². The van der Waals surface area contributed by atoms with Gasteiger partial charge in [0.05, 0.1) is 7.11 Å². The number of ether oxygens (including phenoxy) is 2. The second-order valence-electron chi connectivity index (χ2n) is 4.95. The number of hydrogen-bond acceptors (Lipinski definition) is 5. The van der Waals surface area contributed by atoms with Crippen molar-refractivity contribution in [3.05, 3.63) is 52.5 Å². The molecule has 0 saturated carbocycles. The maximum Gasteiger partial charge on any atom is 0.342 e. The van der Waals surface area contributed by atoms with Crippen LogP contribution in [-0.2, 0) is 4.74 Å². The number of benzene rings is 1. The number of carbonyl (C=O) groups excluding carboxylic acids is 2. The van der Waals surface area contributed by atoms with Crippen molar-refractivity contribution >= 4 is 11.8 Å². The molecule has 0 aliphatic heterocycles. The summed E-state index contributed by atoms with van der Waals surface area (Å²) in [6.07, 6.45) is 0. The average molecular weight is 302 g/mol. The monoisotopic (exact) mass is 302 g/mol. The highest BCUT2D eigenvalue weighted by Gasteiger charge is 2.21. The Hall–Kier alpha value is -2.56. The third-order valence-corrected chi connectivity index (χ3v) is 3.49. The van der Waals surface area contributed by atoms with Crippen LogP contribution in [0.15, 0.2) is 28.7 Å². The largest absolute Gasteiger partial charge is 0.497 e. The average Bonchev–Trinajstić information content (AvgIpc) is 2.77. The molecule has 5 nitrogen and oxygen atoms in total. The molecule has 0 radical (unpaired) electrons. The topological polar surface area (TPSA) is 65.7 Å². The maximum absolute atomic E-state index is 12.1. The van der Waals surface area contributed by atoms with Gasteiger partial charge in [-0.3, -0.25) is 4.79 Å². The van der Waals surface area contributed by atoms with Crippen molar-refractivity contribution < 1.29 is 23.5 Å². The predicted octanol–water partition coefficient (Wildman–Crippen LogP) is 3.25. The fourth-order valence-electron chi connectivity index (χ4n) is 2.18. The highest BCUT2D eigenvalue weighted by atomic mass is 16.5. The highest BCUT2D eigenvalue weighted by Crippen LogP contribution is 2.21. The lowest BCUT2D eigenvalue weighted by atomic mass is 10.1. The molecule has 0 aliphatic carbocycles. The van der Waals surface area contributed by atoms with E-state index in [0.29, 0.717) is 28.4 Å². The number of hydrogen-bond donors (Lipinski definition) is 0.